The van der Waals surface area contributed by atoms with E-state index in [1.54, 1.807) is 24.3 Å². The fraction of sp³-hybridized carbons (Fsp3) is 0.400. The quantitative estimate of drug-likeness (QED) is 0.936. The predicted molar refractivity (Wildman–Crippen MR) is 93.9 cm³/mol. The van der Waals surface area contributed by atoms with Crippen molar-refractivity contribution in [2.24, 2.45) is 5.92 Å². The minimum Gasteiger partial charge on any atom is -0.451 e. The largest absolute Gasteiger partial charge is 0.451 e. The summed E-state index contributed by atoms with van der Waals surface area (Å²) in [5, 5.41) is 12.1. The smallest absolute Gasteiger partial charge is 0.287 e. The average molecular weight is 335 g/mol. The normalized spacial score (nSPS) is 27.7. The van der Waals surface area contributed by atoms with Crippen LogP contribution in [-0.4, -0.2) is 36.0 Å². The van der Waals surface area contributed by atoms with Gasteiger partial charge in [0.2, 0.25) is 0 Å². The summed E-state index contributed by atoms with van der Waals surface area (Å²) in [5.41, 5.74) is 1.46. The summed E-state index contributed by atoms with van der Waals surface area (Å²) < 4.78 is 5.75. The number of benzene rings is 1. The maximum atomic E-state index is 12.6. The molecule has 1 aromatic heterocycles. The molecule has 0 spiro atoms. The Morgan fingerprint density at radius 3 is 2.56 bits per heavy atom. The molecule has 0 unspecified atom stereocenters. The van der Waals surface area contributed by atoms with Gasteiger partial charge in [-0.3, -0.25) is 9.69 Å². The average Bonchev–Trinajstić information content (AvgIpc) is 3.15. The molecule has 3 fully saturated rings. The van der Waals surface area contributed by atoms with Crippen molar-refractivity contribution in [3.63, 3.8) is 0 Å². The van der Waals surface area contributed by atoms with E-state index >= 15 is 0 Å². The van der Waals surface area contributed by atoms with Crippen LogP contribution in [0.25, 0.3) is 11.3 Å². The lowest BCUT2D eigenvalue weighted by atomic mass is 9.79. The van der Waals surface area contributed by atoms with Crippen LogP contribution in [0.15, 0.2) is 40.8 Å². The number of amides is 1. The Bertz CT molecular complexity index is 808. The fourth-order valence-electron chi connectivity index (χ4n) is 4.09. The van der Waals surface area contributed by atoms with Gasteiger partial charge in [0.1, 0.15) is 5.76 Å². The lowest BCUT2D eigenvalue weighted by Gasteiger charge is -2.49. The molecular weight excluding hydrogens is 314 g/mol. The second-order valence-electron chi connectivity index (χ2n) is 6.97. The Hall–Kier alpha value is -2.58. The Balaban J connectivity index is 1.48. The summed E-state index contributed by atoms with van der Waals surface area (Å²) in [6, 6.07) is 13.3. The summed E-state index contributed by atoms with van der Waals surface area (Å²) in [7, 11) is 0. The van der Waals surface area contributed by atoms with Crippen LogP contribution < -0.4 is 5.32 Å². The molecule has 4 heterocycles. The molecule has 1 N–H and O–H groups in total. The van der Waals surface area contributed by atoms with E-state index < -0.39 is 0 Å². The van der Waals surface area contributed by atoms with E-state index in [0.717, 1.165) is 31.5 Å². The van der Waals surface area contributed by atoms with E-state index in [2.05, 4.69) is 23.2 Å². The maximum absolute atomic E-state index is 12.6. The van der Waals surface area contributed by atoms with Gasteiger partial charge in [0.05, 0.1) is 11.6 Å². The standard InChI is InChI=1S/C20H21N3O2/c1-13-19(16-8-10-23(13)11-9-16)22-20(24)18-7-6-17(25-18)15-4-2-14(12-21)3-5-15/h2-7,13,16,19H,8-11H2,1H3,(H,22,24)/t13-,19+/m1/s1. The number of piperidine rings is 3. The third-order valence-corrected chi connectivity index (χ3v) is 5.60. The minimum atomic E-state index is -0.148. The third kappa shape index (κ3) is 2.94. The molecule has 5 heteroatoms. The van der Waals surface area contributed by atoms with Gasteiger partial charge in [-0.2, -0.15) is 5.26 Å². The number of hydrogen-bond donors (Lipinski definition) is 1. The molecule has 5 nitrogen and oxygen atoms in total. The highest BCUT2D eigenvalue weighted by Crippen LogP contribution is 2.32. The number of nitriles is 1. The molecule has 1 aromatic carbocycles. The van der Waals surface area contributed by atoms with E-state index in [1.165, 1.54) is 0 Å². The molecule has 0 aliphatic carbocycles. The number of carbonyl (C=O) groups excluding carboxylic acids is 1. The number of nitrogens with zero attached hydrogens (tertiary/aromatic N) is 2. The molecule has 25 heavy (non-hydrogen) atoms. The first-order valence-electron chi connectivity index (χ1n) is 8.81. The number of furan rings is 1. The SMILES string of the molecule is C[C@@H]1[C@H](NC(=O)c2ccc(-c3ccc(C#N)cc3)o2)C2CCN1CC2. The van der Waals surface area contributed by atoms with E-state index in [1.807, 2.05) is 12.1 Å². The zero-order valence-electron chi connectivity index (χ0n) is 14.2. The van der Waals surface area contributed by atoms with Crippen LogP contribution >= 0.6 is 0 Å². The van der Waals surface area contributed by atoms with Crippen molar-refractivity contribution >= 4 is 5.91 Å². The van der Waals surface area contributed by atoms with E-state index in [9.17, 15) is 4.79 Å². The van der Waals surface area contributed by atoms with Gasteiger partial charge in [0.15, 0.2) is 5.76 Å². The predicted octanol–water partition coefficient (Wildman–Crippen LogP) is 3.03. The number of hydrogen-bond acceptors (Lipinski definition) is 4. The second kappa shape index (κ2) is 6.38. The van der Waals surface area contributed by atoms with Crippen LogP contribution in [0, 0.1) is 17.2 Å². The van der Waals surface area contributed by atoms with Crippen LogP contribution in [-0.2, 0) is 0 Å². The van der Waals surface area contributed by atoms with E-state index in [4.69, 9.17) is 9.68 Å². The fourth-order valence-corrected chi connectivity index (χ4v) is 4.09. The first kappa shape index (κ1) is 15.9. The van der Waals surface area contributed by atoms with Crippen molar-refractivity contribution < 1.29 is 9.21 Å². The topological polar surface area (TPSA) is 69.3 Å². The van der Waals surface area contributed by atoms with Crippen LogP contribution in [0.3, 0.4) is 0 Å². The molecule has 3 aliphatic heterocycles. The molecule has 3 aliphatic rings. The van der Waals surface area contributed by atoms with E-state index in [0.29, 0.717) is 29.0 Å². The van der Waals surface area contributed by atoms with Crippen molar-refractivity contribution in [1.29, 1.82) is 5.26 Å². The van der Waals surface area contributed by atoms with Gasteiger partial charge < -0.3 is 9.73 Å². The second-order valence-corrected chi connectivity index (χ2v) is 6.97. The first-order chi connectivity index (χ1) is 12.2. The van der Waals surface area contributed by atoms with Gasteiger partial charge in [-0.1, -0.05) is 0 Å². The molecular formula is C20H21N3O2. The van der Waals surface area contributed by atoms with Gasteiger partial charge >= 0.3 is 0 Å². The summed E-state index contributed by atoms with van der Waals surface area (Å²) in [6.45, 7) is 4.48. The third-order valence-electron chi connectivity index (χ3n) is 5.60. The number of rotatable bonds is 3. The van der Waals surface area contributed by atoms with Gasteiger partial charge in [-0.25, -0.2) is 0 Å². The molecule has 2 aromatic rings. The maximum Gasteiger partial charge on any atom is 0.287 e. The van der Waals surface area contributed by atoms with Crippen molar-refractivity contribution in [2.75, 3.05) is 13.1 Å². The molecule has 0 radical (unpaired) electrons. The molecule has 2 atom stereocenters. The van der Waals surface area contributed by atoms with Crippen LogP contribution in [0.5, 0.6) is 0 Å². The summed E-state index contributed by atoms with van der Waals surface area (Å²) in [6.07, 6.45) is 2.31. The Labute approximate surface area is 147 Å². The minimum absolute atomic E-state index is 0.148. The highest BCUT2D eigenvalue weighted by molar-refractivity contribution is 5.92. The number of fused-ring (bicyclic) bond motifs is 3. The molecule has 1 amide bonds. The van der Waals surface area contributed by atoms with Crippen molar-refractivity contribution in [2.45, 2.75) is 31.8 Å². The van der Waals surface area contributed by atoms with Gasteiger partial charge in [0.25, 0.3) is 5.91 Å². The summed E-state index contributed by atoms with van der Waals surface area (Å²) in [5.74, 6) is 1.39. The van der Waals surface area contributed by atoms with Crippen molar-refractivity contribution in [3.8, 4) is 17.4 Å². The molecule has 2 bridgehead atoms. The molecule has 5 rings (SSSR count). The van der Waals surface area contributed by atoms with Crippen molar-refractivity contribution in [3.05, 3.63) is 47.7 Å². The Morgan fingerprint density at radius 1 is 1.20 bits per heavy atom. The number of carbonyl (C=O) groups is 1. The van der Waals surface area contributed by atoms with Crippen LogP contribution in [0.1, 0.15) is 35.9 Å². The van der Waals surface area contributed by atoms with E-state index in [-0.39, 0.29) is 11.9 Å². The van der Waals surface area contributed by atoms with Gasteiger partial charge in [0, 0.05) is 17.6 Å². The Kier molecular flexibility index (Phi) is 4.06. The molecule has 128 valence electrons. The van der Waals surface area contributed by atoms with Crippen LogP contribution in [0.2, 0.25) is 0 Å². The zero-order valence-corrected chi connectivity index (χ0v) is 14.2. The van der Waals surface area contributed by atoms with Gasteiger partial charge in [-0.15, -0.1) is 0 Å². The highest BCUT2D eigenvalue weighted by atomic mass is 16.3. The van der Waals surface area contributed by atoms with Crippen LogP contribution in [0.4, 0.5) is 0 Å². The molecule has 0 saturated carbocycles. The number of nitrogens with one attached hydrogen (secondary N) is 1. The lowest BCUT2D eigenvalue weighted by Crippen LogP contribution is -2.62. The Morgan fingerprint density at radius 2 is 1.92 bits per heavy atom. The zero-order chi connectivity index (χ0) is 17.4. The first-order valence-corrected chi connectivity index (χ1v) is 8.81. The molecule has 3 saturated heterocycles. The van der Waals surface area contributed by atoms with Crippen molar-refractivity contribution in [1.82, 2.24) is 10.2 Å². The highest BCUT2D eigenvalue weighted by Gasteiger charge is 2.40. The monoisotopic (exact) mass is 335 g/mol. The summed E-state index contributed by atoms with van der Waals surface area (Å²) >= 11 is 0. The van der Waals surface area contributed by atoms with Gasteiger partial charge in [-0.05, 0) is 75.2 Å². The lowest BCUT2D eigenvalue weighted by molar-refractivity contribution is 0.0211. The summed E-state index contributed by atoms with van der Waals surface area (Å²) in [4.78, 5) is 15.1.